The number of hydrogen-bond acceptors (Lipinski definition) is 7. The van der Waals surface area contributed by atoms with E-state index in [-0.39, 0.29) is 5.75 Å². The second-order valence-corrected chi connectivity index (χ2v) is 7.19. The van der Waals surface area contributed by atoms with Gasteiger partial charge in [-0.15, -0.1) is 11.3 Å². The van der Waals surface area contributed by atoms with Crippen LogP contribution in [0.2, 0.25) is 0 Å². The van der Waals surface area contributed by atoms with Gasteiger partial charge < -0.3 is 20.2 Å². The van der Waals surface area contributed by atoms with Crippen LogP contribution in [0.4, 0.5) is 10.8 Å². The number of nitrogens with one attached hydrogen (secondary N) is 1. The molecular formula is C17H16N4O4S. The quantitative estimate of drug-likeness (QED) is 0.636. The Morgan fingerprint density at radius 1 is 1.62 bits per heavy atom. The third-order valence-electron chi connectivity index (χ3n) is 4.16. The predicted molar refractivity (Wildman–Crippen MR) is 95.2 cm³/mol. The fraction of sp³-hybridized carbons (Fsp3) is 0.353. The lowest BCUT2D eigenvalue weighted by Crippen LogP contribution is -2.20. The number of amides is 1. The van der Waals surface area contributed by atoms with E-state index in [1.807, 2.05) is 0 Å². The van der Waals surface area contributed by atoms with Gasteiger partial charge in [0.15, 0.2) is 6.61 Å². The average molecular weight is 372 g/mol. The first kappa shape index (κ1) is 17.8. The number of hydrogen-bond donors (Lipinski definition) is 1. The Balaban J connectivity index is 1.70. The van der Waals surface area contributed by atoms with Gasteiger partial charge in [0.05, 0.1) is 5.56 Å². The summed E-state index contributed by atoms with van der Waals surface area (Å²) in [7, 11) is 0. The van der Waals surface area contributed by atoms with Crippen molar-refractivity contribution < 1.29 is 14.5 Å². The van der Waals surface area contributed by atoms with Gasteiger partial charge in [-0.1, -0.05) is 6.92 Å². The van der Waals surface area contributed by atoms with E-state index in [9.17, 15) is 20.2 Å². The monoisotopic (exact) mass is 372 g/mol. The lowest BCUT2D eigenvalue weighted by atomic mass is 9.89. The predicted octanol–water partition coefficient (Wildman–Crippen LogP) is 3.07. The highest BCUT2D eigenvalue weighted by Crippen LogP contribution is 2.39. The maximum Gasteiger partial charge on any atom is 0.406 e. The minimum Gasteiger partial charge on any atom is -0.476 e. The Bertz CT molecular complexity index is 903. The molecule has 2 heterocycles. The highest BCUT2D eigenvalue weighted by molar-refractivity contribution is 7.16. The van der Waals surface area contributed by atoms with Gasteiger partial charge in [0.1, 0.15) is 17.3 Å². The van der Waals surface area contributed by atoms with Gasteiger partial charge in [-0.3, -0.25) is 4.79 Å². The van der Waals surface area contributed by atoms with E-state index >= 15 is 0 Å². The number of carbonyl (C=O) groups excluding carboxylic acids is 1. The van der Waals surface area contributed by atoms with E-state index in [4.69, 9.17) is 4.74 Å². The van der Waals surface area contributed by atoms with Crippen LogP contribution in [0.15, 0.2) is 18.3 Å². The van der Waals surface area contributed by atoms with E-state index in [0.717, 1.165) is 29.7 Å². The number of nitriles is 1. The molecular weight excluding hydrogens is 356 g/mol. The maximum atomic E-state index is 12.2. The lowest BCUT2D eigenvalue weighted by Gasteiger charge is -2.17. The number of nitro groups is 1. The molecule has 1 amide bonds. The van der Waals surface area contributed by atoms with Crippen molar-refractivity contribution in [1.82, 2.24) is 4.98 Å². The molecule has 0 unspecified atom stereocenters. The number of nitrogens with zero attached hydrogens (tertiary/aromatic N) is 3. The molecule has 0 saturated carbocycles. The largest absolute Gasteiger partial charge is 0.476 e. The Morgan fingerprint density at radius 2 is 2.42 bits per heavy atom. The zero-order valence-corrected chi connectivity index (χ0v) is 14.8. The van der Waals surface area contributed by atoms with E-state index in [1.165, 1.54) is 29.7 Å². The Labute approximate surface area is 153 Å². The maximum absolute atomic E-state index is 12.2. The Hall–Kier alpha value is -2.99. The third kappa shape index (κ3) is 3.65. The summed E-state index contributed by atoms with van der Waals surface area (Å²) in [5, 5.41) is 23.6. The number of ether oxygens (including phenoxy) is 1. The second kappa shape index (κ2) is 7.49. The molecule has 3 rings (SSSR count). The second-order valence-electron chi connectivity index (χ2n) is 6.09. The van der Waals surface area contributed by atoms with E-state index in [0.29, 0.717) is 16.5 Å². The summed E-state index contributed by atoms with van der Waals surface area (Å²) in [4.78, 5) is 27.2. The lowest BCUT2D eigenvalue weighted by molar-refractivity contribution is -0.390. The molecule has 134 valence electrons. The molecule has 1 aliphatic carbocycles. The van der Waals surface area contributed by atoms with Gasteiger partial charge in [-0.2, -0.15) is 5.26 Å². The normalized spacial score (nSPS) is 15.6. The van der Waals surface area contributed by atoms with Crippen LogP contribution in [0.5, 0.6) is 5.75 Å². The molecule has 2 aromatic heterocycles. The topological polar surface area (TPSA) is 118 Å². The Morgan fingerprint density at radius 3 is 3.15 bits per heavy atom. The highest BCUT2D eigenvalue weighted by Gasteiger charge is 2.25. The summed E-state index contributed by atoms with van der Waals surface area (Å²) in [6, 6.07) is 5.05. The third-order valence-corrected chi connectivity index (χ3v) is 5.33. The van der Waals surface area contributed by atoms with Crippen LogP contribution in [0.1, 0.15) is 29.3 Å². The molecule has 8 nitrogen and oxygen atoms in total. The zero-order valence-electron chi connectivity index (χ0n) is 14.0. The van der Waals surface area contributed by atoms with Crippen LogP contribution in [0.25, 0.3) is 0 Å². The first-order valence-corrected chi connectivity index (χ1v) is 8.88. The number of fused-ring (bicyclic) bond motifs is 1. The SMILES string of the molecule is C[C@@H]1CCc2c(sc(NC(=O)COc3cccnc3[N+](=O)[O-])c2C#N)C1. The molecule has 1 N–H and O–H groups in total. The van der Waals surface area contributed by atoms with E-state index in [2.05, 4.69) is 23.3 Å². The first-order chi connectivity index (χ1) is 12.5. The number of aromatic nitrogens is 1. The van der Waals surface area contributed by atoms with Crippen LogP contribution in [-0.4, -0.2) is 22.4 Å². The summed E-state index contributed by atoms with van der Waals surface area (Å²) in [5.41, 5.74) is 1.53. The molecule has 0 saturated heterocycles. The first-order valence-electron chi connectivity index (χ1n) is 8.06. The van der Waals surface area contributed by atoms with Crippen molar-refractivity contribution in [3.63, 3.8) is 0 Å². The van der Waals surface area contributed by atoms with Crippen molar-refractivity contribution in [2.24, 2.45) is 5.92 Å². The van der Waals surface area contributed by atoms with Crippen LogP contribution in [0, 0.1) is 27.4 Å². The van der Waals surface area contributed by atoms with Crippen LogP contribution in [-0.2, 0) is 17.6 Å². The fourth-order valence-electron chi connectivity index (χ4n) is 2.90. The minimum absolute atomic E-state index is 0.0764. The molecule has 0 aromatic carbocycles. The summed E-state index contributed by atoms with van der Waals surface area (Å²) < 4.78 is 5.23. The number of thiophene rings is 1. The Kier molecular flexibility index (Phi) is 5.14. The molecule has 1 aliphatic rings. The summed E-state index contributed by atoms with van der Waals surface area (Å²) in [6.45, 7) is 1.76. The molecule has 0 aliphatic heterocycles. The smallest absolute Gasteiger partial charge is 0.406 e. The molecule has 0 spiro atoms. The fourth-order valence-corrected chi connectivity index (χ4v) is 4.27. The van der Waals surface area contributed by atoms with E-state index in [1.54, 1.807) is 0 Å². The molecule has 9 heteroatoms. The molecule has 2 aromatic rings. The van der Waals surface area contributed by atoms with Gasteiger partial charge in [-0.05, 0) is 52.8 Å². The molecule has 1 atom stereocenters. The van der Waals surface area contributed by atoms with Crippen molar-refractivity contribution >= 4 is 28.1 Å². The van der Waals surface area contributed by atoms with Gasteiger partial charge in [0, 0.05) is 4.88 Å². The van der Waals surface area contributed by atoms with Gasteiger partial charge >= 0.3 is 5.82 Å². The molecule has 0 fully saturated rings. The number of carbonyl (C=O) groups is 1. The molecule has 0 radical (unpaired) electrons. The minimum atomic E-state index is -0.671. The van der Waals surface area contributed by atoms with Crippen molar-refractivity contribution in [2.75, 3.05) is 11.9 Å². The van der Waals surface area contributed by atoms with Gasteiger partial charge in [-0.25, -0.2) is 0 Å². The van der Waals surface area contributed by atoms with Crippen LogP contribution < -0.4 is 10.1 Å². The summed E-state index contributed by atoms with van der Waals surface area (Å²) >= 11 is 1.42. The number of anilines is 1. The summed E-state index contributed by atoms with van der Waals surface area (Å²) in [6.07, 6.45) is 4.05. The van der Waals surface area contributed by atoms with Crippen molar-refractivity contribution in [3.8, 4) is 11.8 Å². The van der Waals surface area contributed by atoms with Crippen molar-refractivity contribution in [3.05, 3.63) is 44.4 Å². The van der Waals surface area contributed by atoms with Crippen molar-refractivity contribution in [2.45, 2.75) is 26.2 Å². The summed E-state index contributed by atoms with van der Waals surface area (Å²) in [5.74, 6) is -0.442. The van der Waals surface area contributed by atoms with Crippen LogP contribution in [0.3, 0.4) is 0 Å². The van der Waals surface area contributed by atoms with Crippen LogP contribution >= 0.6 is 11.3 Å². The standard InChI is InChI=1S/C17H16N4O4S/c1-10-4-5-11-12(8-18)17(26-14(11)7-10)20-15(22)9-25-13-3-2-6-19-16(13)21(23)24/h2-3,6,10H,4-5,7,9H2,1H3,(H,20,22)/t10-/m1/s1. The number of rotatable bonds is 5. The number of pyridine rings is 1. The van der Waals surface area contributed by atoms with Gasteiger partial charge in [0.2, 0.25) is 5.75 Å². The van der Waals surface area contributed by atoms with Gasteiger partial charge in [0.25, 0.3) is 5.91 Å². The highest BCUT2D eigenvalue weighted by atomic mass is 32.1. The van der Waals surface area contributed by atoms with Crippen molar-refractivity contribution in [1.29, 1.82) is 5.26 Å². The average Bonchev–Trinajstić information content (AvgIpc) is 2.95. The zero-order chi connectivity index (χ0) is 18.7. The molecule has 0 bridgehead atoms. The molecule has 26 heavy (non-hydrogen) atoms. The van der Waals surface area contributed by atoms with E-state index < -0.39 is 23.3 Å².